The molecule has 8 nitrogen and oxygen atoms in total. The first-order valence-electron chi connectivity index (χ1n) is 43.2. The number of hydrogen-bond donors (Lipinski definition) is 4. The molecular formula is C119H84N4O4. The van der Waals surface area contributed by atoms with Crippen LogP contribution in [0.2, 0.25) is 0 Å². The van der Waals surface area contributed by atoms with E-state index in [0.29, 0.717) is 0 Å². The summed E-state index contributed by atoms with van der Waals surface area (Å²) < 4.78 is 25.4. The van der Waals surface area contributed by atoms with Gasteiger partial charge in [0.05, 0.1) is 0 Å². The third-order valence-corrected chi connectivity index (χ3v) is 24.5. The predicted molar refractivity (Wildman–Crippen MR) is 534 cm³/mol. The molecule has 0 amide bonds. The van der Waals surface area contributed by atoms with Gasteiger partial charge in [-0.1, -0.05) is 347 Å². The third kappa shape index (κ3) is 14.7. The summed E-state index contributed by atoms with van der Waals surface area (Å²) in [4.78, 5) is 0. The summed E-state index contributed by atoms with van der Waals surface area (Å²) in [6, 6.07) is 156. The molecule has 0 unspecified atom stereocenters. The SMILES string of the molecule is CC1(C)c2ccccc2-c2c(Nc3cc(-c4ccccc4)c4oc5ccccc5c4c3)cccc21.c1ccc(-c2cccc(Nc3cc(-c4ccccc4)c4oc5ccccc5c4c3)c2)cc1.c1ccc(Nc2cc(-c3cccc4ccccc34)c3oc4ccc5ccccc5c4c3c2)cc1.c1ccc(Nc2cc(-c3ccccc3)c3c(c2)oc2ccccc23)cc1. The highest BCUT2D eigenvalue weighted by Crippen LogP contribution is 2.53. The fraction of sp³-hybridized carbons (Fsp3) is 0.0252. The van der Waals surface area contributed by atoms with E-state index in [1.807, 2.05) is 97.1 Å². The molecule has 8 heteroatoms. The van der Waals surface area contributed by atoms with E-state index in [0.717, 1.165) is 161 Å². The van der Waals surface area contributed by atoms with E-state index in [1.54, 1.807) is 0 Å². The quantitative estimate of drug-likeness (QED) is 0.0906. The van der Waals surface area contributed by atoms with Gasteiger partial charge in [0.15, 0.2) is 0 Å². The summed E-state index contributed by atoms with van der Waals surface area (Å²) in [7, 11) is 0. The van der Waals surface area contributed by atoms with Gasteiger partial charge in [-0.25, -0.2) is 0 Å². The molecule has 0 aliphatic heterocycles. The van der Waals surface area contributed by atoms with Gasteiger partial charge in [0.1, 0.15) is 44.7 Å². The second-order valence-corrected chi connectivity index (χ2v) is 32.9. The van der Waals surface area contributed by atoms with Gasteiger partial charge in [-0.15, -0.1) is 0 Å². The second kappa shape index (κ2) is 32.9. The molecule has 0 fully saturated rings. The fourth-order valence-electron chi connectivity index (χ4n) is 18.6. The lowest BCUT2D eigenvalue weighted by Gasteiger charge is -2.21. The summed E-state index contributed by atoms with van der Waals surface area (Å²) >= 11 is 0. The molecule has 1 aliphatic carbocycles. The maximum Gasteiger partial charge on any atom is 0.143 e. The standard InChI is InChI=1S/C33H25NO.C32H21NO.C30H21NO.C24H17NO/c1-33(2)27-15-8-6-14-24(27)31-28(33)16-10-17-29(31)34-22-19-25(21-11-4-3-5-12-21)32-26(20-22)23-13-7-9-18-30(23)35-32;1-2-12-23(13-3-1)33-24-19-28(27-16-8-11-21-9-4-6-14-25(21)27)32-29(20-24)31-26-15-7-5-10-22(26)17-18-30(31)34-32;1-3-10-21(11-4-1)23-14-9-15-24(18-23)31-25-19-27(22-12-5-2-6-13-22)30-28(20-25)26-16-7-8-17-29(26)32-30;1-3-9-17(10-4-1)21-15-19(25-18-11-5-2-6-12-18)16-23-24(21)20-13-7-8-14-22(20)26-23/h3-20,34H,1-2H3;1-20,33H;1-20,31H;1-16,25H. The highest BCUT2D eigenvalue weighted by Gasteiger charge is 2.37. The zero-order valence-electron chi connectivity index (χ0n) is 69.9. The van der Waals surface area contributed by atoms with Crippen LogP contribution in [0.4, 0.5) is 45.5 Å². The Bertz CT molecular complexity index is 8210. The first-order chi connectivity index (χ1) is 62.7. The zero-order valence-corrected chi connectivity index (χ0v) is 69.9. The molecule has 0 saturated carbocycles. The summed E-state index contributed by atoms with van der Waals surface area (Å²) in [5, 5.41) is 28.5. The van der Waals surface area contributed by atoms with E-state index in [-0.39, 0.29) is 5.41 Å². The highest BCUT2D eigenvalue weighted by atomic mass is 16.3. The highest BCUT2D eigenvalue weighted by molar-refractivity contribution is 6.23. The number of rotatable bonds is 13. The number of para-hydroxylation sites is 5. The fourth-order valence-corrected chi connectivity index (χ4v) is 18.6. The van der Waals surface area contributed by atoms with Crippen LogP contribution in [-0.4, -0.2) is 0 Å². The van der Waals surface area contributed by atoms with Crippen molar-refractivity contribution in [1.82, 2.24) is 0 Å². The Morgan fingerprint density at radius 2 is 0.583 bits per heavy atom. The summed E-state index contributed by atoms with van der Waals surface area (Å²) in [6.45, 7) is 4.64. The van der Waals surface area contributed by atoms with Gasteiger partial charge >= 0.3 is 0 Å². The molecule has 4 N–H and O–H groups in total. The number of nitrogens with one attached hydrogen (secondary N) is 4. The summed E-state index contributed by atoms with van der Waals surface area (Å²) in [5.41, 5.74) is 32.5. The predicted octanol–water partition coefficient (Wildman–Crippen LogP) is 34.3. The maximum absolute atomic E-state index is 6.57. The number of fused-ring (bicyclic) bond motifs is 18. The normalized spacial score (nSPS) is 11.9. The Labute approximate surface area is 734 Å². The molecule has 0 bridgehead atoms. The van der Waals surface area contributed by atoms with E-state index in [1.165, 1.54) is 71.6 Å². The second-order valence-electron chi connectivity index (χ2n) is 32.9. The van der Waals surface area contributed by atoms with Crippen molar-refractivity contribution in [3.63, 3.8) is 0 Å². The molecule has 604 valence electrons. The van der Waals surface area contributed by atoms with Crippen LogP contribution in [0, 0.1) is 0 Å². The Balaban J connectivity index is 0.000000101. The molecule has 0 radical (unpaired) electrons. The molecule has 20 aromatic carbocycles. The third-order valence-electron chi connectivity index (χ3n) is 24.5. The van der Waals surface area contributed by atoms with Gasteiger partial charge in [-0.05, 0) is 186 Å². The van der Waals surface area contributed by atoms with Crippen LogP contribution >= 0.6 is 0 Å². The van der Waals surface area contributed by atoms with Crippen molar-refractivity contribution in [2.45, 2.75) is 19.3 Å². The maximum atomic E-state index is 6.57. The molecule has 127 heavy (non-hydrogen) atoms. The lowest BCUT2D eigenvalue weighted by atomic mass is 9.82. The van der Waals surface area contributed by atoms with E-state index in [4.69, 9.17) is 17.7 Å². The van der Waals surface area contributed by atoms with Crippen LogP contribution in [0.1, 0.15) is 25.0 Å². The summed E-state index contributed by atoms with van der Waals surface area (Å²) in [6.07, 6.45) is 0. The lowest BCUT2D eigenvalue weighted by Crippen LogP contribution is -2.14. The molecule has 4 heterocycles. The van der Waals surface area contributed by atoms with Crippen molar-refractivity contribution >= 4 is 155 Å². The van der Waals surface area contributed by atoms with Gasteiger partial charge in [-0.2, -0.15) is 0 Å². The van der Waals surface area contributed by atoms with Crippen LogP contribution in [0.5, 0.6) is 0 Å². The van der Waals surface area contributed by atoms with E-state index in [9.17, 15) is 0 Å². The molecule has 4 aromatic heterocycles. The number of hydrogen-bond acceptors (Lipinski definition) is 8. The minimum atomic E-state index is -0.0243. The van der Waals surface area contributed by atoms with Crippen molar-refractivity contribution < 1.29 is 17.7 Å². The molecule has 1 aliphatic rings. The average molecular weight is 1630 g/mol. The van der Waals surface area contributed by atoms with E-state index in [2.05, 4.69) is 387 Å². The molecular weight excluding hydrogens is 1550 g/mol. The van der Waals surface area contributed by atoms with Crippen molar-refractivity contribution in [3.8, 4) is 66.8 Å². The van der Waals surface area contributed by atoms with E-state index < -0.39 is 0 Å². The minimum Gasteiger partial charge on any atom is -0.456 e. The van der Waals surface area contributed by atoms with E-state index >= 15 is 0 Å². The van der Waals surface area contributed by atoms with Crippen molar-refractivity contribution in [3.05, 3.63) is 460 Å². The Morgan fingerprint density at radius 3 is 1.20 bits per heavy atom. The molecule has 0 spiro atoms. The molecule has 24 aromatic rings. The van der Waals surface area contributed by atoms with Crippen molar-refractivity contribution in [2.75, 3.05) is 21.3 Å². The average Bonchev–Trinajstić information content (AvgIpc) is 1.59. The van der Waals surface area contributed by atoms with Crippen LogP contribution in [0.3, 0.4) is 0 Å². The van der Waals surface area contributed by atoms with Gasteiger partial charge < -0.3 is 38.9 Å². The number of anilines is 8. The Hall–Kier alpha value is -16.7. The van der Waals surface area contributed by atoms with Gasteiger partial charge in [-0.3, -0.25) is 0 Å². The zero-order chi connectivity index (χ0) is 84.7. The van der Waals surface area contributed by atoms with Gasteiger partial charge in [0.2, 0.25) is 0 Å². The smallest absolute Gasteiger partial charge is 0.143 e. The first kappa shape index (κ1) is 76.5. The van der Waals surface area contributed by atoms with Crippen molar-refractivity contribution in [1.29, 1.82) is 0 Å². The molecule has 25 rings (SSSR count). The molecule has 0 atom stereocenters. The Morgan fingerprint density at radius 1 is 0.189 bits per heavy atom. The minimum absolute atomic E-state index is 0.0243. The topological polar surface area (TPSA) is 101 Å². The van der Waals surface area contributed by atoms with Crippen molar-refractivity contribution in [2.24, 2.45) is 0 Å². The monoisotopic (exact) mass is 1630 g/mol. The largest absolute Gasteiger partial charge is 0.456 e. The summed E-state index contributed by atoms with van der Waals surface area (Å²) in [5.74, 6) is 0. The van der Waals surface area contributed by atoms with Crippen LogP contribution in [0.15, 0.2) is 467 Å². The molecule has 0 saturated heterocycles. The van der Waals surface area contributed by atoms with Gasteiger partial charge in [0, 0.05) is 122 Å². The lowest BCUT2D eigenvalue weighted by molar-refractivity contribution is 0.660. The number of furan rings is 4. The van der Waals surface area contributed by atoms with Crippen LogP contribution in [-0.2, 0) is 5.41 Å². The first-order valence-corrected chi connectivity index (χ1v) is 43.2. The number of benzene rings is 20. The van der Waals surface area contributed by atoms with Crippen LogP contribution < -0.4 is 21.3 Å². The van der Waals surface area contributed by atoms with Gasteiger partial charge in [0.25, 0.3) is 0 Å². The van der Waals surface area contributed by atoms with Crippen LogP contribution in [0.25, 0.3) is 176 Å². The Kier molecular flexibility index (Phi) is 19.8.